The van der Waals surface area contributed by atoms with Gasteiger partial charge in [-0.25, -0.2) is 22.2 Å². The second-order valence-corrected chi connectivity index (χ2v) is 11.8. The number of halogens is 5. The molecule has 7 nitrogen and oxygen atoms in total. The predicted octanol–water partition coefficient (Wildman–Crippen LogP) is 3.65. The van der Waals surface area contributed by atoms with Gasteiger partial charge in [0.05, 0.1) is 11.6 Å². The number of nitrogens with zero attached hydrogens (tertiary/aromatic N) is 2. The second kappa shape index (κ2) is 8.74. The van der Waals surface area contributed by atoms with Crippen molar-refractivity contribution in [2.24, 2.45) is 11.8 Å². The highest BCUT2D eigenvalue weighted by molar-refractivity contribution is 7.90. The van der Waals surface area contributed by atoms with Gasteiger partial charge in [0.2, 0.25) is 5.91 Å². The average molecular weight is 544 g/mol. The molecular weight excluding hydrogens is 521 g/mol. The average Bonchev–Trinajstić information content (AvgIpc) is 3.75. The van der Waals surface area contributed by atoms with E-state index in [1.54, 1.807) is 0 Å². The van der Waals surface area contributed by atoms with Crippen molar-refractivity contribution >= 4 is 21.7 Å². The quantitative estimate of drug-likeness (QED) is 0.562. The van der Waals surface area contributed by atoms with Crippen LogP contribution < -0.4 is 5.32 Å². The molecule has 3 fully saturated rings. The van der Waals surface area contributed by atoms with Crippen LogP contribution in [0.5, 0.6) is 0 Å². The summed E-state index contributed by atoms with van der Waals surface area (Å²) in [7, 11) is -3.68. The number of sulfone groups is 1. The first-order valence-electron chi connectivity index (χ1n) is 11.6. The Morgan fingerprint density at radius 3 is 2.43 bits per heavy atom. The van der Waals surface area contributed by atoms with Gasteiger partial charge in [0.15, 0.2) is 14.9 Å². The molecule has 2 heterocycles. The lowest BCUT2D eigenvalue weighted by Crippen LogP contribution is -2.49. The number of hydrogen-bond donors (Lipinski definition) is 1. The molecule has 0 spiro atoms. The Hall–Kier alpha value is -3.09. The largest absolute Gasteiger partial charge is 0.419 e. The number of nitrogens with one attached hydrogen (secondary N) is 1. The van der Waals surface area contributed by atoms with Crippen LogP contribution in [0.15, 0.2) is 35.5 Å². The number of carbonyl (C=O) groups excluding carboxylic acids is 2. The summed E-state index contributed by atoms with van der Waals surface area (Å²) in [6.07, 6.45) is -0.804. The molecule has 2 aromatic rings. The number of likely N-dealkylation sites (tertiary alicyclic amines) is 1. The van der Waals surface area contributed by atoms with Crippen LogP contribution in [0.4, 0.5) is 22.0 Å². The maximum Gasteiger partial charge on any atom is 0.419 e. The van der Waals surface area contributed by atoms with Gasteiger partial charge in [0.1, 0.15) is 17.7 Å². The van der Waals surface area contributed by atoms with Crippen LogP contribution in [0.2, 0.25) is 0 Å². The van der Waals surface area contributed by atoms with Gasteiger partial charge in [-0.15, -0.1) is 0 Å². The highest BCUT2D eigenvalue weighted by atomic mass is 32.2. The van der Waals surface area contributed by atoms with Crippen LogP contribution in [-0.2, 0) is 20.8 Å². The molecule has 1 saturated heterocycles. The topological polar surface area (TPSA) is 96.4 Å². The predicted molar refractivity (Wildman–Crippen MR) is 119 cm³/mol. The van der Waals surface area contributed by atoms with E-state index in [2.05, 4.69) is 10.3 Å². The van der Waals surface area contributed by atoms with E-state index >= 15 is 0 Å². The molecule has 2 amide bonds. The fraction of sp³-hybridized carbons (Fsp3) is 0.458. The highest BCUT2D eigenvalue weighted by Crippen LogP contribution is 2.49. The van der Waals surface area contributed by atoms with Crippen LogP contribution in [0.3, 0.4) is 0 Å². The van der Waals surface area contributed by atoms with Gasteiger partial charge in [-0.2, -0.15) is 13.2 Å². The number of piperidine rings is 1. The summed E-state index contributed by atoms with van der Waals surface area (Å²) in [4.78, 5) is 31.8. The number of fused-ring (bicyclic) bond motifs is 1. The van der Waals surface area contributed by atoms with Crippen LogP contribution in [0, 0.1) is 23.5 Å². The third-order valence-corrected chi connectivity index (χ3v) is 8.10. The molecule has 1 aromatic carbocycles. The van der Waals surface area contributed by atoms with E-state index in [0.29, 0.717) is 31.7 Å². The smallest absolute Gasteiger partial charge is 0.347 e. The normalized spacial score (nSPS) is 23.9. The molecule has 37 heavy (non-hydrogen) atoms. The molecule has 4 atom stereocenters. The molecule has 2 aliphatic carbocycles. The summed E-state index contributed by atoms with van der Waals surface area (Å²) < 4.78 is 91.6. The lowest BCUT2D eigenvalue weighted by atomic mass is 9.98. The summed E-state index contributed by atoms with van der Waals surface area (Å²) >= 11 is 0. The molecule has 1 unspecified atom stereocenters. The summed E-state index contributed by atoms with van der Waals surface area (Å²) in [6.45, 7) is 0. The second-order valence-electron chi connectivity index (χ2n) is 9.86. The van der Waals surface area contributed by atoms with Gasteiger partial charge in [0, 0.05) is 29.6 Å². The maximum atomic E-state index is 14.7. The number of rotatable bonds is 6. The molecule has 0 bridgehead atoms. The maximum absolute atomic E-state index is 14.7. The van der Waals surface area contributed by atoms with Gasteiger partial charge in [-0.1, -0.05) is 0 Å². The molecule has 5 rings (SSSR count). The number of pyridine rings is 1. The van der Waals surface area contributed by atoms with Crippen molar-refractivity contribution in [3.05, 3.63) is 58.8 Å². The Kier molecular flexibility index (Phi) is 6.04. The van der Waals surface area contributed by atoms with Crippen LogP contribution >= 0.6 is 0 Å². The van der Waals surface area contributed by atoms with Crippen molar-refractivity contribution in [1.82, 2.24) is 15.2 Å². The number of aromatic nitrogens is 1. The number of hydrogen-bond acceptors (Lipinski definition) is 5. The van der Waals surface area contributed by atoms with Crippen molar-refractivity contribution < 1.29 is 40.0 Å². The van der Waals surface area contributed by atoms with Crippen LogP contribution in [0.1, 0.15) is 53.2 Å². The first kappa shape index (κ1) is 25.6. The summed E-state index contributed by atoms with van der Waals surface area (Å²) in [5.41, 5.74) is -2.07. The first-order chi connectivity index (χ1) is 17.3. The third kappa shape index (κ3) is 4.92. The molecule has 198 valence electrons. The molecule has 0 radical (unpaired) electrons. The first-order valence-corrected chi connectivity index (χ1v) is 13.5. The van der Waals surface area contributed by atoms with E-state index in [0.717, 1.165) is 12.3 Å². The van der Waals surface area contributed by atoms with E-state index in [1.807, 2.05) is 0 Å². The van der Waals surface area contributed by atoms with E-state index in [9.17, 15) is 40.0 Å². The standard InChI is InChI=1S/C24H22F5N3O4S/c1-37(35,36)20-8-12(4-5-30-20)23(34)32-18-6-13(18)7-19(32)22(33)31-21(11-2-3-11)14-9-17(26)15(10-16(14)25)24(27,28)29/h4-5,8-11,13,18-19,21H,2-3,6-7H2,1H3,(H,31,33)/t13-,18-,19+,21?/m0/s1. The zero-order valence-corrected chi connectivity index (χ0v) is 20.2. The minimum Gasteiger partial charge on any atom is -0.347 e. The SMILES string of the molecule is CS(=O)(=O)c1cc(C(=O)N2[C@@H](C(=O)NC(c3cc(F)c(C(F)(F)F)cc3F)C3CC3)C[C@@H]3C[C@@H]32)ccn1. The summed E-state index contributed by atoms with van der Waals surface area (Å²) in [6, 6.07) is 0.809. The Balaban J connectivity index is 1.40. The molecule has 1 N–H and O–H groups in total. The summed E-state index contributed by atoms with van der Waals surface area (Å²) in [5, 5.41) is 2.36. The number of benzene rings is 1. The van der Waals surface area contributed by atoms with E-state index in [4.69, 9.17) is 0 Å². The minimum absolute atomic E-state index is 0.0374. The number of carbonyl (C=O) groups is 2. The van der Waals surface area contributed by atoms with Crippen molar-refractivity contribution in [3.8, 4) is 0 Å². The van der Waals surface area contributed by atoms with E-state index in [-0.39, 0.29) is 40.1 Å². The number of amides is 2. The fourth-order valence-corrected chi connectivity index (χ4v) is 5.62. The molecule has 2 saturated carbocycles. The van der Waals surface area contributed by atoms with Crippen molar-refractivity contribution in [1.29, 1.82) is 0 Å². The summed E-state index contributed by atoms with van der Waals surface area (Å²) in [5.74, 6) is -4.33. The van der Waals surface area contributed by atoms with Gasteiger partial charge in [-0.05, 0) is 61.8 Å². The Morgan fingerprint density at radius 2 is 1.81 bits per heavy atom. The van der Waals surface area contributed by atoms with Crippen molar-refractivity contribution in [2.45, 2.75) is 55.0 Å². The Morgan fingerprint density at radius 1 is 1.11 bits per heavy atom. The third-order valence-electron chi connectivity index (χ3n) is 7.12. The zero-order chi connectivity index (χ0) is 26.9. The fourth-order valence-electron chi connectivity index (χ4n) is 5.02. The molecule has 1 aromatic heterocycles. The number of alkyl halides is 3. The Labute approximate surface area is 209 Å². The molecular formula is C24H22F5N3O4S. The van der Waals surface area contributed by atoms with E-state index in [1.165, 1.54) is 17.2 Å². The monoisotopic (exact) mass is 543 g/mol. The zero-order valence-electron chi connectivity index (χ0n) is 19.4. The van der Waals surface area contributed by atoms with Crippen LogP contribution in [-0.4, -0.2) is 48.5 Å². The molecule has 1 aliphatic heterocycles. The van der Waals surface area contributed by atoms with Gasteiger partial charge in [-0.3, -0.25) is 9.59 Å². The molecule has 13 heteroatoms. The van der Waals surface area contributed by atoms with Gasteiger partial charge >= 0.3 is 6.18 Å². The highest BCUT2D eigenvalue weighted by Gasteiger charge is 2.56. The van der Waals surface area contributed by atoms with Crippen molar-refractivity contribution in [3.63, 3.8) is 0 Å². The lowest BCUT2D eigenvalue weighted by molar-refractivity contribution is -0.140. The lowest BCUT2D eigenvalue weighted by Gasteiger charge is -2.29. The molecule has 3 aliphatic rings. The van der Waals surface area contributed by atoms with E-state index < -0.39 is 57.1 Å². The minimum atomic E-state index is -5.07. The van der Waals surface area contributed by atoms with Gasteiger partial charge < -0.3 is 10.2 Å². The van der Waals surface area contributed by atoms with Crippen molar-refractivity contribution in [2.75, 3.05) is 6.26 Å². The Bertz CT molecular complexity index is 1390. The van der Waals surface area contributed by atoms with Crippen LogP contribution in [0.25, 0.3) is 0 Å². The van der Waals surface area contributed by atoms with Gasteiger partial charge in [0.25, 0.3) is 5.91 Å².